The summed E-state index contributed by atoms with van der Waals surface area (Å²) in [5.41, 5.74) is 7.90. The van der Waals surface area contributed by atoms with Crippen LogP contribution < -0.4 is 4.57 Å². The number of hydrogen-bond acceptors (Lipinski definition) is 0. The van der Waals surface area contributed by atoms with Gasteiger partial charge in [0.25, 0.3) is 5.82 Å². The minimum absolute atomic E-state index is 0.0531. The molecule has 3 aromatic rings. The van der Waals surface area contributed by atoms with Crippen molar-refractivity contribution in [3.63, 3.8) is 0 Å². The number of fused-ring (bicyclic) bond motifs is 1. The van der Waals surface area contributed by atoms with Crippen LogP contribution in [0.25, 0.3) is 16.7 Å². The van der Waals surface area contributed by atoms with Crippen LogP contribution in [-0.4, -0.2) is 4.57 Å². The van der Waals surface area contributed by atoms with Crippen LogP contribution >= 0.6 is 0 Å². The lowest BCUT2D eigenvalue weighted by molar-refractivity contribution is -0.657. The first-order valence-corrected chi connectivity index (χ1v) is 8.30. The van der Waals surface area contributed by atoms with E-state index in [0.29, 0.717) is 0 Å². The standard InChI is InChI=1S/C21H27N2/c1-14-12-15(2)19(16(3)13-14)23-18-11-9-8-10-17(18)22(7)20(23)21(4,5)6/h8-13H,1-7H3/q+1. The second-order valence-corrected chi connectivity index (χ2v) is 7.70. The van der Waals surface area contributed by atoms with Gasteiger partial charge in [0.05, 0.1) is 12.5 Å². The van der Waals surface area contributed by atoms with Gasteiger partial charge in [-0.3, -0.25) is 0 Å². The first-order valence-electron chi connectivity index (χ1n) is 8.30. The van der Waals surface area contributed by atoms with Crippen molar-refractivity contribution >= 4 is 11.0 Å². The highest BCUT2D eigenvalue weighted by Crippen LogP contribution is 2.31. The van der Waals surface area contributed by atoms with Crippen molar-refractivity contribution in [1.82, 2.24) is 4.57 Å². The molecule has 0 radical (unpaired) electrons. The zero-order valence-electron chi connectivity index (χ0n) is 15.4. The summed E-state index contributed by atoms with van der Waals surface area (Å²) in [5.74, 6) is 1.33. The lowest BCUT2D eigenvalue weighted by Crippen LogP contribution is -2.39. The molecule has 0 saturated heterocycles. The van der Waals surface area contributed by atoms with Crippen LogP contribution in [0.15, 0.2) is 36.4 Å². The Labute approximate surface area is 139 Å². The molecule has 0 saturated carbocycles. The summed E-state index contributed by atoms with van der Waals surface area (Å²) in [4.78, 5) is 0. The van der Waals surface area contributed by atoms with Gasteiger partial charge in [-0.05, 0) is 64.8 Å². The van der Waals surface area contributed by atoms with Crippen molar-refractivity contribution in [2.45, 2.75) is 47.0 Å². The van der Waals surface area contributed by atoms with Crippen LogP contribution in [0.2, 0.25) is 0 Å². The lowest BCUT2D eigenvalue weighted by atomic mass is 9.94. The summed E-state index contributed by atoms with van der Waals surface area (Å²) in [5, 5.41) is 0. The largest absolute Gasteiger partial charge is 0.267 e. The molecule has 1 heterocycles. The predicted molar refractivity (Wildman–Crippen MR) is 97.4 cm³/mol. The van der Waals surface area contributed by atoms with Gasteiger partial charge >= 0.3 is 0 Å². The third kappa shape index (κ3) is 2.46. The molecule has 0 aliphatic carbocycles. The summed E-state index contributed by atoms with van der Waals surface area (Å²) in [6.07, 6.45) is 0. The van der Waals surface area contributed by atoms with E-state index in [0.717, 1.165) is 0 Å². The number of benzene rings is 2. The molecule has 2 heteroatoms. The van der Waals surface area contributed by atoms with Crippen molar-refractivity contribution in [3.05, 3.63) is 58.9 Å². The number of para-hydroxylation sites is 2. The molecule has 0 fully saturated rings. The third-order valence-corrected chi connectivity index (χ3v) is 4.54. The molecule has 0 aliphatic heterocycles. The Balaban J connectivity index is 2.52. The Morgan fingerprint density at radius 2 is 1.48 bits per heavy atom. The minimum atomic E-state index is 0.0531. The summed E-state index contributed by atoms with van der Waals surface area (Å²) < 4.78 is 4.80. The van der Waals surface area contributed by atoms with E-state index in [1.54, 1.807) is 0 Å². The first kappa shape index (κ1) is 15.8. The number of hydrogen-bond donors (Lipinski definition) is 0. The second kappa shape index (κ2) is 5.23. The van der Waals surface area contributed by atoms with Crippen molar-refractivity contribution in [1.29, 1.82) is 0 Å². The SMILES string of the molecule is Cc1cc(C)c(-n2c(C(C)(C)C)[n+](C)c3ccccc32)c(C)c1. The molecule has 1 aromatic heterocycles. The molecule has 0 aliphatic rings. The molecule has 3 rings (SSSR count). The van der Waals surface area contributed by atoms with E-state index < -0.39 is 0 Å². The number of nitrogens with zero attached hydrogens (tertiary/aromatic N) is 2. The normalized spacial score (nSPS) is 12.1. The fourth-order valence-electron chi connectivity index (χ4n) is 3.91. The van der Waals surface area contributed by atoms with Gasteiger partial charge in [0.1, 0.15) is 5.69 Å². The third-order valence-electron chi connectivity index (χ3n) is 4.54. The maximum atomic E-state index is 2.46. The molecular weight excluding hydrogens is 280 g/mol. The van der Waals surface area contributed by atoms with E-state index in [-0.39, 0.29) is 5.41 Å². The van der Waals surface area contributed by atoms with Gasteiger partial charge in [-0.2, -0.15) is 4.57 Å². The van der Waals surface area contributed by atoms with Crippen molar-refractivity contribution < 1.29 is 4.57 Å². The Morgan fingerprint density at radius 3 is 2.04 bits per heavy atom. The highest BCUT2D eigenvalue weighted by Gasteiger charge is 2.34. The van der Waals surface area contributed by atoms with Crippen LogP contribution in [0, 0.1) is 20.8 Å². The molecule has 0 atom stereocenters. The molecule has 0 unspecified atom stereocenters. The number of aromatic nitrogens is 2. The molecule has 0 N–H and O–H groups in total. The second-order valence-electron chi connectivity index (χ2n) is 7.70. The molecule has 2 nitrogen and oxygen atoms in total. The monoisotopic (exact) mass is 307 g/mol. The van der Waals surface area contributed by atoms with Crippen LogP contribution in [-0.2, 0) is 12.5 Å². The van der Waals surface area contributed by atoms with E-state index in [4.69, 9.17) is 0 Å². The number of aryl methyl sites for hydroxylation is 4. The Morgan fingerprint density at radius 1 is 0.913 bits per heavy atom. The molecule has 120 valence electrons. The van der Waals surface area contributed by atoms with Gasteiger partial charge in [0, 0.05) is 0 Å². The van der Waals surface area contributed by atoms with Gasteiger partial charge in [-0.25, -0.2) is 4.57 Å². The van der Waals surface area contributed by atoms with Crippen molar-refractivity contribution in [3.8, 4) is 5.69 Å². The summed E-state index contributed by atoms with van der Waals surface area (Å²) in [7, 11) is 2.18. The molecule has 23 heavy (non-hydrogen) atoms. The average molecular weight is 307 g/mol. The maximum absolute atomic E-state index is 2.46. The summed E-state index contributed by atoms with van der Waals surface area (Å²) in [6.45, 7) is 13.5. The highest BCUT2D eigenvalue weighted by atomic mass is 15.2. The molecule has 0 bridgehead atoms. The van der Waals surface area contributed by atoms with Gasteiger partial charge in [0.2, 0.25) is 0 Å². The van der Waals surface area contributed by atoms with Gasteiger partial charge in [-0.1, -0.05) is 29.8 Å². The van der Waals surface area contributed by atoms with Crippen LogP contribution in [0.5, 0.6) is 0 Å². The number of imidazole rings is 1. The fourth-order valence-corrected chi connectivity index (χ4v) is 3.91. The zero-order valence-corrected chi connectivity index (χ0v) is 15.4. The smallest absolute Gasteiger partial charge is 0.229 e. The quantitative estimate of drug-likeness (QED) is 0.577. The Hall–Kier alpha value is -2.09. The summed E-state index contributed by atoms with van der Waals surface area (Å²) >= 11 is 0. The van der Waals surface area contributed by atoms with E-state index in [1.165, 1.54) is 39.2 Å². The van der Waals surface area contributed by atoms with Gasteiger partial charge in [-0.15, -0.1) is 0 Å². The van der Waals surface area contributed by atoms with Crippen LogP contribution in [0.4, 0.5) is 0 Å². The molecule has 0 spiro atoms. The Kier molecular flexibility index (Phi) is 3.59. The maximum Gasteiger partial charge on any atom is 0.267 e. The first-order chi connectivity index (χ1) is 10.7. The minimum Gasteiger partial charge on any atom is -0.229 e. The van der Waals surface area contributed by atoms with E-state index >= 15 is 0 Å². The molecule has 2 aromatic carbocycles. The van der Waals surface area contributed by atoms with E-state index in [9.17, 15) is 0 Å². The molecular formula is C21H27N2+. The Bertz CT molecular complexity index is 869. The summed E-state index contributed by atoms with van der Waals surface area (Å²) in [6, 6.07) is 13.2. The van der Waals surface area contributed by atoms with Crippen LogP contribution in [0.1, 0.15) is 43.3 Å². The highest BCUT2D eigenvalue weighted by molar-refractivity contribution is 5.76. The van der Waals surface area contributed by atoms with E-state index in [2.05, 4.69) is 94.1 Å². The van der Waals surface area contributed by atoms with Gasteiger partial charge < -0.3 is 0 Å². The van der Waals surface area contributed by atoms with Gasteiger partial charge in [0.15, 0.2) is 11.0 Å². The van der Waals surface area contributed by atoms with E-state index in [1.807, 2.05) is 0 Å². The average Bonchev–Trinajstić information content (AvgIpc) is 2.72. The van der Waals surface area contributed by atoms with Crippen molar-refractivity contribution in [2.75, 3.05) is 0 Å². The lowest BCUT2D eigenvalue weighted by Gasteiger charge is -2.18. The fraction of sp³-hybridized carbons (Fsp3) is 0.381. The topological polar surface area (TPSA) is 8.81 Å². The predicted octanol–water partition coefficient (Wildman–Crippen LogP) is 4.68. The van der Waals surface area contributed by atoms with Crippen molar-refractivity contribution in [2.24, 2.45) is 7.05 Å². The number of rotatable bonds is 1. The van der Waals surface area contributed by atoms with Crippen LogP contribution in [0.3, 0.4) is 0 Å². The molecule has 0 amide bonds. The zero-order chi connectivity index (χ0) is 16.9.